The van der Waals surface area contributed by atoms with Gasteiger partial charge in [0, 0.05) is 16.8 Å². The molecular weight excluding hydrogens is 252 g/mol. The van der Waals surface area contributed by atoms with Gasteiger partial charge in [0.25, 0.3) is 0 Å². The Kier molecular flexibility index (Phi) is 3.89. The van der Waals surface area contributed by atoms with E-state index in [1.54, 1.807) is 6.07 Å². The molecule has 0 radical (unpaired) electrons. The highest BCUT2D eigenvalue weighted by Crippen LogP contribution is 2.23. The standard InChI is InChI=1S/C13H15ClN2O2/c1-8-5-10(3-4-12(8)14)15-9(2)13-6-11(7-17)18-16-13/h3-6,9,15,17H,7H2,1-2H3. The second kappa shape index (κ2) is 5.42. The molecule has 1 aromatic heterocycles. The van der Waals surface area contributed by atoms with Crippen LogP contribution in [0, 0.1) is 6.92 Å². The van der Waals surface area contributed by atoms with E-state index in [2.05, 4.69) is 10.5 Å². The van der Waals surface area contributed by atoms with Crippen LogP contribution in [0.4, 0.5) is 5.69 Å². The van der Waals surface area contributed by atoms with Gasteiger partial charge in [-0.1, -0.05) is 16.8 Å². The summed E-state index contributed by atoms with van der Waals surface area (Å²) in [6.07, 6.45) is 0. The average molecular weight is 267 g/mol. The second-order valence-corrected chi connectivity index (χ2v) is 4.61. The van der Waals surface area contributed by atoms with E-state index in [-0.39, 0.29) is 12.6 Å². The zero-order valence-corrected chi connectivity index (χ0v) is 11.0. The summed E-state index contributed by atoms with van der Waals surface area (Å²) in [6, 6.07) is 7.48. The number of halogens is 1. The van der Waals surface area contributed by atoms with Crippen LogP contribution < -0.4 is 5.32 Å². The van der Waals surface area contributed by atoms with Crippen molar-refractivity contribution in [2.24, 2.45) is 0 Å². The molecule has 0 bridgehead atoms. The summed E-state index contributed by atoms with van der Waals surface area (Å²) in [5.74, 6) is 0.464. The maximum absolute atomic E-state index is 8.92. The van der Waals surface area contributed by atoms with Gasteiger partial charge >= 0.3 is 0 Å². The Morgan fingerprint density at radius 2 is 2.22 bits per heavy atom. The van der Waals surface area contributed by atoms with E-state index in [9.17, 15) is 0 Å². The van der Waals surface area contributed by atoms with Crippen LogP contribution in [-0.2, 0) is 6.61 Å². The fraction of sp³-hybridized carbons (Fsp3) is 0.308. The Morgan fingerprint density at radius 3 is 2.83 bits per heavy atom. The molecule has 0 saturated carbocycles. The molecule has 1 unspecified atom stereocenters. The molecule has 1 aromatic carbocycles. The minimum Gasteiger partial charge on any atom is -0.388 e. The topological polar surface area (TPSA) is 58.3 Å². The average Bonchev–Trinajstić information content (AvgIpc) is 2.82. The van der Waals surface area contributed by atoms with Gasteiger partial charge in [0.05, 0.1) is 6.04 Å². The van der Waals surface area contributed by atoms with E-state index in [0.29, 0.717) is 5.76 Å². The zero-order chi connectivity index (χ0) is 13.1. The lowest BCUT2D eigenvalue weighted by molar-refractivity contribution is 0.228. The number of nitrogens with one attached hydrogen (secondary N) is 1. The number of aliphatic hydroxyl groups is 1. The van der Waals surface area contributed by atoms with Crippen LogP contribution in [0.2, 0.25) is 5.02 Å². The molecule has 0 aliphatic carbocycles. The molecule has 2 rings (SSSR count). The number of benzene rings is 1. The number of aryl methyl sites for hydroxylation is 1. The van der Waals surface area contributed by atoms with E-state index in [1.807, 2.05) is 32.0 Å². The van der Waals surface area contributed by atoms with Crippen molar-refractivity contribution in [1.29, 1.82) is 0 Å². The summed E-state index contributed by atoms with van der Waals surface area (Å²) in [5.41, 5.74) is 2.75. The fourth-order valence-corrected chi connectivity index (χ4v) is 1.78. The molecule has 2 aromatic rings. The number of aromatic nitrogens is 1. The number of nitrogens with zero attached hydrogens (tertiary/aromatic N) is 1. The number of aliphatic hydroxyl groups excluding tert-OH is 1. The van der Waals surface area contributed by atoms with Gasteiger partial charge in [-0.2, -0.15) is 0 Å². The third kappa shape index (κ3) is 2.83. The Labute approximate surface area is 111 Å². The first-order valence-corrected chi connectivity index (χ1v) is 6.07. The van der Waals surface area contributed by atoms with Gasteiger partial charge in [-0.3, -0.25) is 0 Å². The lowest BCUT2D eigenvalue weighted by Gasteiger charge is -2.13. The van der Waals surface area contributed by atoms with Gasteiger partial charge in [0.15, 0.2) is 5.76 Å². The predicted octanol–water partition coefficient (Wildman–Crippen LogP) is 3.30. The smallest absolute Gasteiger partial charge is 0.162 e. The molecule has 1 heterocycles. The molecule has 4 nitrogen and oxygen atoms in total. The fourth-order valence-electron chi connectivity index (χ4n) is 1.67. The third-order valence-corrected chi connectivity index (χ3v) is 3.14. The van der Waals surface area contributed by atoms with Crippen molar-refractivity contribution >= 4 is 17.3 Å². The predicted molar refractivity (Wildman–Crippen MR) is 70.7 cm³/mol. The molecule has 96 valence electrons. The van der Waals surface area contributed by atoms with Crippen LogP contribution in [0.3, 0.4) is 0 Å². The number of rotatable bonds is 4. The van der Waals surface area contributed by atoms with Crippen LogP contribution in [0.25, 0.3) is 0 Å². The maximum Gasteiger partial charge on any atom is 0.162 e. The highest BCUT2D eigenvalue weighted by molar-refractivity contribution is 6.31. The van der Waals surface area contributed by atoms with Crippen molar-refractivity contribution in [1.82, 2.24) is 5.16 Å². The monoisotopic (exact) mass is 266 g/mol. The van der Waals surface area contributed by atoms with E-state index >= 15 is 0 Å². The van der Waals surface area contributed by atoms with Gasteiger partial charge < -0.3 is 14.9 Å². The minimum atomic E-state index is -0.139. The molecule has 18 heavy (non-hydrogen) atoms. The zero-order valence-electron chi connectivity index (χ0n) is 10.3. The summed E-state index contributed by atoms with van der Waals surface area (Å²) in [6.45, 7) is 3.79. The van der Waals surface area contributed by atoms with Crippen LogP contribution in [-0.4, -0.2) is 10.3 Å². The second-order valence-electron chi connectivity index (χ2n) is 4.21. The van der Waals surface area contributed by atoms with E-state index in [1.165, 1.54) is 0 Å². The Morgan fingerprint density at radius 1 is 1.44 bits per heavy atom. The van der Waals surface area contributed by atoms with Crippen LogP contribution in [0.1, 0.15) is 30.0 Å². The van der Waals surface area contributed by atoms with Crippen molar-refractivity contribution in [3.63, 3.8) is 0 Å². The number of hydrogen-bond donors (Lipinski definition) is 2. The molecule has 0 aliphatic rings. The van der Waals surface area contributed by atoms with Gasteiger partial charge in [-0.05, 0) is 37.6 Å². The Balaban J connectivity index is 2.10. The molecule has 0 saturated heterocycles. The third-order valence-electron chi connectivity index (χ3n) is 2.72. The van der Waals surface area contributed by atoms with Crippen molar-refractivity contribution in [3.05, 3.63) is 46.3 Å². The molecule has 0 spiro atoms. The van der Waals surface area contributed by atoms with Crippen LogP contribution in [0.5, 0.6) is 0 Å². The van der Waals surface area contributed by atoms with Crippen LogP contribution >= 0.6 is 11.6 Å². The summed E-state index contributed by atoms with van der Waals surface area (Å²) in [4.78, 5) is 0. The Hall–Kier alpha value is -1.52. The lowest BCUT2D eigenvalue weighted by atomic mass is 10.2. The highest BCUT2D eigenvalue weighted by atomic mass is 35.5. The first kappa shape index (κ1) is 12.9. The van der Waals surface area contributed by atoms with Crippen molar-refractivity contribution in [2.45, 2.75) is 26.5 Å². The summed E-state index contributed by atoms with van der Waals surface area (Å²) >= 11 is 5.97. The van der Waals surface area contributed by atoms with Gasteiger partial charge in [0.1, 0.15) is 12.3 Å². The molecule has 0 aliphatic heterocycles. The summed E-state index contributed by atoms with van der Waals surface area (Å²) in [7, 11) is 0. The van der Waals surface area contributed by atoms with Gasteiger partial charge in [0.2, 0.25) is 0 Å². The largest absolute Gasteiger partial charge is 0.388 e. The number of anilines is 1. The SMILES string of the molecule is Cc1cc(NC(C)c2cc(CO)on2)ccc1Cl. The Bertz CT molecular complexity index is 540. The quantitative estimate of drug-likeness (QED) is 0.891. The van der Waals surface area contributed by atoms with E-state index in [4.69, 9.17) is 21.2 Å². The van der Waals surface area contributed by atoms with Crippen LogP contribution in [0.15, 0.2) is 28.8 Å². The molecular formula is C13H15ClN2O2. The summed E-state index contributed by atoms with van der Waals surface area (Å²) in [5, 5.41) is 16.9. The van der Waals surface area contributed by atoms with E-state index in [0.717, 1.165) is 22.0 Å². The van der Waals surface area contributed by atoms with Gasteiger partial charge in [-0.15, -0.1) is 0 Å². The van der Waals surface area contributed by atoms with Crippen molar-refractivity contribution in [3.8, 4) is 0 Å². The number of hydrogen-bond acceptors (Lipinski definition) is 4. The van der Waals surface area contributed by atoms with Crippen molar-refractivity contribution in [2.75, 3.05) is 5.32 Å². The molecule has 0 amide bonds. The maximum atomic E-state index is 8.92. The van der Waals surface area contributed by atoms with Gasteiger partial charge in [-0.25, -0.2) is 0 Å². The van der Waals surface area contributed by atoms with E-state index < -0.39 is 0 Å². The lowest BCUT2D eigenvalue weighted by Crippen LogP contribution is -2.06. The first-order valence-electron chi connectivity index (χ1n) is 5.69. The molecule has 1 atom stereocenters. The first-order chi connectivity index (χ1) is 8.60. The summed E-state index contributed by atoms with van der Waals surface area (Å²) < 4.78 is 4.95. The normalized spacial score (nSPS) is 12.4. The molecule has 5 heteroatoms. The minimum absolute atomic E-state index is 0.00498. The molecule has 0 fully saturated rings. The van der Waals surface area contributed by atoms with Crippen molar-refractivity contribution < 1.29 is 9.63 Å². The highest BCUT2D eigenvalue weighted by Gasteiger charge is 2.11. The molecule has 2 N–H and O–H groups in total.